The molecule has 1 aromatic rings. The van der Waals surface area contributed by atoms with Gasteiger partial charge in [-0.15, -0.1) is 0 Å². The molecule has 6 heteroatoms. The summed E-state index contributed by atoms with van der Waals surface area (Å²) in [7, 11) is 0. The van der Waals surface area contributed by atoms with Crippen LogP contribution in [0.2, 0.25) is 0 Å². The molecule has 2 rings (SSSR count). The summed E-state index contributed by atoms with van der Waals surface area (Å²) in [5, 5.41) is 3.98. The second-order valence-electron chi connectivity index (χ2n) is 4.20. The number of benzene rings is 1. The molecule has 102 valence electrons. The van der Waals surface area contributed by atoms with Gasteiger partial charge in [-0.1, -0.05) is 34.1 Å². The molecule has 1 fully saturated rings. The van der Waals surface area contributed by atoms with E-state index in [-0.39, 0.29) is 5.91 Å². The van der Waals surface area contributed by atoms with Crippen LogP contribution in [0.4, 0.5) is 0 Å². The van der Waals surface area contributed by atoms with Crippen molar-refractivity contribution in [3.8, 4) is 0 Å². The third-order valence-corrected chi connectivity index (χ3v) is 4.43. The normalized spacial score (nSPS) is 16.7. The standard InChI is InChI=1S/C13H16BrN3OS/c14-12-4-2-1-3-11(12)9-15-16-13(18)10-17-5-7-19-8-6-17/h1-4,9H,5-8,10H2,(H,16,18)/b15-9-. The van der Waals surface area contributed by atoms with Gasteiger partial charge in [0.25, 0.3) is 5.91 Å². The van der Waals surface area contributed by atoms with Gasteiger partial charge < -0.3 is 0 Å². The molecule has 0 spiro atoms. The molecule has 0 unspecified atom stereocenters. The average molecular weight is 342 g/mol. The van der Waals surface area contributed by atoms with Crippen molar-refractivity contribution in [2.24, 2.45) is 5.10 Å². The Morgan fingerprint density at radius 2 is 2.16 bits per heavy atom. The Kier molecular flexibility index (Phi) is 5.88. The highest BCUT2D eigenvalue weighted by molar-refractivity contribution is 9.10. The van der Waals surface area contributed by atoms with E-state index in [4.69, 9.17) is 0 Å². The summed E-state index contributed by atoms with van der Waals surface area (Å²) in [5.41, 5.74) is 3.51. The second-order valence-corrected chi connectivity index (χ2v) is 6.28. The number of hydrogen-bond acceptors (Lipinski definition) is 4. The summed E-state index contributed by atoms with van der Waals surface area (Å²) >= 11 is 5.36. The number of amides is 1. The van der Waals surface area contributed by atoms with Crippen molar-refractivity contribution in [3.05, 3.63) is 34.3 Å². The quantitative estimate of drug-likeness (QED) is 0.672. The number of halogens is 1. The number of hydrazone groups is 1. The average Bonchev–Trinajstić information content (AvgIpc) is 2.42. The maximum absolute atomic E-state index is 11.7. The first kappa shape index (κ1) is 14.6. The number of nitrogens with zero attached hydrogens (tertiary/aromatic N) is 2. The van der Waals surface area contributed by atoms with Crippen LogP contribution in [-0.4, -0.2) is 48.2 Å². The number of hydrogen-bond donors (Lipinski definition) is 1. The molecule has 1 amide bonds. The van der Waals surface area contributed by atoms with Crippen molar-refractivity contribution in [1.82, 2.24) is 10.3 Å². The zero-order chi connectivity index (χ0) is 13.5. The molecule has 0 aromatic heterocycles. The van der Waals surface area contributed by atoms with E-state index in [2.05, 4.69) is 31.4 Å². The lowest BCUT2D eigenvalue weighted by atomic mass is 10.2. The van der Waals surface area contributed by atoms with Crippen LogP contribution < -0.4 is 5.43 Å². The maximum atomic E-state index is 11.7. The fourth-order valence-electron chi connectivity index (χ4n) is 1.75. The number of nitrogens with one attached hydrogen (secondary N) is 1. The third kappa shape index (κ3) is 4.97. The van der Waals surface area contributed by atoms with Crippen molar-refractivity contribution in [1.29, 1.82) is 0 Å². The molecule has 0 saturated carbocycles. The Bertz CT molecular complexity index is 461. The van der Waals surface area contributed by atoms with Gasteiger partial charge >= 0.3 is 0 Å². The summed E-state index contributed by atoms with van der Waals surface area (Å²) in [6.45, 7) is 2.38. The molecule has 1 aliphatic rings. The lowest BCUT2D eigenvalue weighted by Crippen LogP contribution is -2.40. The molecular formula is C13H16BrN3OS. The Morgan fingerprint density at radius 1 is 1.42 bits per heavy atom. The van der Waals surface area contributed by atoms with E-state index >= 15 is 0 Å². The van der Waals surface area contributed by atoms with E-state index in [9.17, 15) is 4.79 Å². The summed E-state index contributed by atoms with van der Waals surface area (Å²) in [5.74, 6) is 2.15. The van der Waals surface area contributed by atoms with Gasteiger partial charge in [-0.3, -0.25) is 9.69 Å². The van der Waals surface area contributed by atoms with Gasteiger partial charge in [0.05, 0.1) is 12.8 Å². The van der Waals surface area contributed by atoms with Crippen LogP contribution >= 0.6 is 27.7 Å². The lowest BCUT2D eigenvalue weighted by molar-refractivity contribution is -0.122. The first-order chi connectivity index (χ1) is 9.25. The molecule has 1 aliphatic heterocycles. The van der Waals surface area contributed by atoms with E-state index in [1.807, 2.05) is 36.0 Å². The third-order valence-electron chi connectivity index (χ3n) is 2.77. The highest BCUT2D eigenvalue weighted by atomic mass is 79.9. The molecule has 0 aliphatic carbocycles. The monoisotopic (exact) mass is 341 g/mol. The summed E-state index contributed by atoms with van der Waals surface area (Å²) < 4.78 is 0.959. The van der Waals surface area contributed by atoms with E-state index in [0.717, 1.165) is 34.6 Å². The predicted molar refractivity (Wildman–Crippen MR) is 83.6 cm³/mol. The van der Waals surface area contributed by atoms with Crippen LogP contribution in [0.1, 0.15) is 5.56 Å². The number of carbonyl (C=O) groups is 1. The second kappa shape index (κ2) is 7.67. The zero-order valence-electron chi connectivity index (χ0n) is 10.5. The SMILES string of the molecule is O=C(CN1CCSCC1)N/N=C\c1ccccc1Br. The molecule has 1 heterocycles. The van der Waals surface area contributed by atoms with Crippen molar-refractivity contribution in [2.75, 3.05) is 31.1 Å². The van der Waals surface area contributed by atoms with E-state index < -0.39 is 0 Å². The van der Waals surface area contributed by atoms with E-state index in [0.29, 0.717) is 6.54 Å². The Morgan fingerprint density at radius 3 is 2.89 bits per heavy atom. The zero-order valence-corrected chi connectivity index (χ0v) is 12.9. The summed E-state index contributed by atoms with van der Waals surface area (Å²) in [6, 6.07) is 7.74. The first-order valence-electron chi connectivity index (χ1n) is 6.12. The molecule has 0 bridgehead atoms. The number of thioether (sulfide) groups is 1. The summed E-state index contributed by atoms with van der Waals surface area (Å²) in [6.07, 6.45) is 1.65. The molecule has 19 heavy (non-hydrogen) atoms. The molecule has 0 atom stereocenters. The molecule has 1 saturated heterocycles. The molecule has 1 aromatic carbocycles. The number of rotatable bonds is 4. The van der Waals surface area contributed by atoms with E-state index in [1.165, 1.54) is 0 Å². The van der Waals surface area contributed by atoms with Gasteiger partial charge in [0.15, 0.2) is 0 Å². The Labute approximate surface area is 125 Å². The van der Waals surface area contributed by atoms with Crippen LogP contribution in [0, 0.1) is 0 Å². The van der Waals surface area contributed by atoms with Crippen LogP contribution in [0.3, 0.4) is 0 Å². The minimum Gasteiger partial charge on any atom is -0.293 e. The highest BCUT2D eigenvalue weighted by Crippen LogP contribution is 2.13. The molecule has 1 N–H and O–H groups in total. The topological polar surface area (TPSA) is 44.7 Å². The molecule has 0 radical (unpaired) electrons. The summed E-state index contributed by atoms with van der Waals surface area (Å²) in [4.78, 5) is 13.9. The van der Waals surface area contributed by atoms with Crippen molar-refractivity contribution >= 4 is 39.8 Å². The first-order valence-corrected chi connectivity index (χ1v) is 8.07. The highest BCUT2D eigenvalue weighted by Gasteiger charge is 2.13. The van der Waals surface area contributed by atoms with Gasteiger partial charge in [0.2, 0.25) is 0 Å². The van der Waals surface area contributed by atoms with Gasteiger partial charge in [-0.2, -0.15) is 16.9 Å². The minimum atomic E-state index is -0.0600. The van der Waals surface area contributed by atoms with Crippen molar-refractivity contribution < 1.29 is 4.79 Å². The van der Waals surface area contributed by atoms with Gasteiger partial charge in [0, 0.05) is 34.6 Å². The lowest BCUT2D eigenvalue weighted by Gasteiger charge is -2.24. The van der Waals surface area contributed by atoms with Crippen LogP contribution in [0.5, 0.6) is 0 Å². The molecule has 4 nitrogen and oxygen atoms in total. The Balaban J connectivity index is 1.78. The smallest absolute Gasteiger partial charge is 0.254 e. The fourth-order valence-corrected chi connectivity index (χ4v) is 3.12. The van der Waals surface area contributed by atoms with Crippen molar-refractivity contribution in [3.63, 3.8) is 0 Å². The number of carbonyl (C=O) groups excluding carboxylic acids is 1. The largest absolute Gasteiger partial charge is 0.293 e. The van der Waals surface area contributed by atoms with Gasteiger partial charge in [-0.05, 0) is 6.07 Å². The van der Waals surface area contributed by atoms with Crippen LogP contribution in [0.25, 0.3) is 0 Å². The van der Waals surface area contributed by atoms with Crippen molar-refractivity contribution in [2.45, 2.75) is 0 Å². The minimum absolute atomic E-state index is 0.0600. The van der Waals surface area contributed by atoms with Gasteiger partial charge in [0.1, 0.15) is 0 Å². The van der Waals surface area contributed by atoms with Crippen LogP contribution in [0.15, 0.2) is 33.8 Å². The fraction of sp³-hybridized carbons (Fsp3) is 0.385. The van der Waals surface area contributed by atoms with E-state index in [1.54, 1.807) is 6.21 Å². The predicted octanol–water partition coefficient (Wildman–Crippen LogP) is 1.95. The maximum Gasteiger partial charge on any atom is 0.254 e. The molecular weight excluding hydrogens is 326 g/mol. The van der Waals surface area contributed by atoms with Crippen LogP contribution in [-0.2, 0) is 4.79 Å². The Hall–Kier alpha value is -0.850. The van der Waals surface area contributed by atoms with Gasteiger partial charge in [-0.25, -0.2) is 5.43 Å².